The summed E-state index contributed by atoms with van der Waals surface area (Å²) < 4.78 is 40.6. The molecule has 1 aliphatic carbocycles. The molecule has 1 saturated carbocycles. The molecule has 0 spiro atoms. The number of halogens is 3. The molecule has 0 aromatic heterocycles. The Balaban J connectivity index is 2.17. The fourth-order valence-electron chi connectivity index (χ4n) is 2.89. The average Bonchev–Trinajstić information content (AvgIpc) is 2.37. The summed E-state index contributed by atoms with van der Waals surface area (Å²) in [4.78, 5) is 0. The van der Waals surface area contributed by atoms with Gasteiger partial charge in [-0.25, -0.2) is 0 Å². The first kappa shape index (κ1) is 15.2. The molecule has 2 rings (SSSR count). The van der Waals surface area contributed by atoms with Crippen LogP contribution in [0.15, 0.2) is 24.3 Å². The lowest BCUT2D eigenvalue weighted by Crippen LogP contribution is -2.37. The topological polar surface area (TPSA) is 29.5 Å². The normalized spacial score (nSPS) is 20.4. The molecule has 0 aliphatic heterocycles. The molecule has 20 heavy (non-hydrogen) atoms. The lowest BCUT2D eigenvalue weighted by atomic mass is 9.74. The van der Waals surface area contributed by atoms with Gasteiger partial charge in [-0.3, -0.25) is 0 Å². The van der Waals surface area contributed by atoms with Crippen LogP contribution in [-0.2, 0) is 0 Å². The maximum absolute atomic E-state index is 12.2. The highest BCUT2D eigenvalue weighted by molar-refractivity contribution is 5.32. The van der Waals surface area contributed by atoms with E-state index >= 15 is 0 Å². The van der Waals surface area contributed by atoms with Gasteiger partial charge in [-0.2, -0.15) is 0 Å². The highest BCUT2D eigenvalue weighted by Gasteiger charge is 2.36. The predicted octanol–water partition coefficient (Wildman–Crippen LogP) is 4.38. The van der Waals surface area contributed by atoms with Crippen molar-refractivity contribution in [2.45, 2.75) is 56.9 Å². The Bertz CT molecular complexity index is 451. The number of rotatable bonds is 3. The molecule has 0 heterocycles. The van der Waals surface area contributed by atoms with Gasteiger partial charge in [0.2, 0.25) is 0 Å². The van der Waals surface area contributed by atoms with Gasteiger partial charge in [-0.1, -0.05) is 38.3 Å². The minimum Gasteiger partial charge on any atom is -0.406 e. The molecule has 1 aromatic rings. The summed E-state index contributed by atoms with van der Waals surface area (Å²) >= 11 is 0. The van der Waals surface area contributed by atoms with Gasteiger partial charge in [0.15, 0.2) is 0 Å². The third-order valence-electron chi connectivity index (χ3n) is 4.12. The van der Waals surface area contributed by atoms with Crippen LogP contribution in [-0.4, -0.2) is 17.1 Å². The minimum absolute atomic E-state index is 0.209. The first-order valence-electron chi connectivity index (χ1n) is 6.88. The van der Waals surface area contributed by atoms with Crippen LogP contribution in [0.1, 0.15) is 50.5 Å². The van der Waals surface area contributed by atoms with Crippen molar-refractivity contribution in [3.63, 3.8) is 0 Å². The Morgan fingerprint density at radius 3 is 2.45 bits per heavy atom. The Labute approximate surface area is 116 Å². The van der Waals surface area contributed by atoms with Gasteiger partial charge in [0.1, 0.15) is 5.75 Å². The van der Waals surface area contributed by atoms with Crippen molar-refractivity contribution in [2.75, 3.05) is 0 Å². The van der Waals surface area contributed by atoms with Crippen molar-refractivity contribution in [3.05, 3.63) is 29.8 Å². The van der Waals surface area contributed by atoms with E-state index in [0.29, 0.717) is 18.4 Å². The Morgan fingerprint density at radius 2 is 1.85 bits per heavy atom. The molecule has 1 aliphatic rings. The van der Waals surface area contributed by atoms with Crippen LogP contribution >= 0.6 is 0 Å². The first-order valence-corrected chi connectivity index (χ1v) is 6.88. The highest BCUT2D eigenvalue weighted by atomic mass is 19.4. The molecule has 0 amide bonds. The molecule has 1 aromatic carbocycles. The van der Waals surface area contributed by atoms with Crippen molar-refractivity contribution >= 4 is 0 Å². The lowest BCUT2D eigenvalue weighted by Gasteiger charge is -2.37. The molecule has 2 nitrogen and oxygen atoms in total. The smallest absolute Gasteiger partial charge is 0.406 e. The van der Waals surface area contributed by atoms with Gasteiger partial charge in [0.25, 0.3) is 0 Å². The molecule has 0 radical (unpaired) electrons. The quantitative estimate of drug-likeness (QED) is 0.894. The van der Waals surface area contributed by atoms with E-state index in [1.807, 2.05) is 6.92 Å². The molecule has 0 bridgehead atoms. The summed E-state index contributed by atoms with van der Waals surface area (Å²) in [6, 6.07) is 5.90. The van der Waals surface area contributed by atoms with E-state index in [-0.39, 0.29) is 11.7 Å². The van der Waals surface area contributed by atoms with Crippen molar-refractivity contribution in [1.29, 1.82) is 0 Å². The molecule has 1 fully saturated rings. The molecule has 1 N–H and O–H groups in total. The van der Waals surface area contributed by atoms with E-state index in [9.17, 15) is 18.3 Å². The van der Waals surface area contributed by atoms with Crippen LogP contribution < -0.4 is 4.74 Å². The largest absolute Gasteiger partial charge is 0.573 e. The van der Waals surface area contributed by atoms with Gasteiger partial charge < -0.3 is 9.84 Å². The SMILES string of the molecule is CC(c1cccc(OC(F)(F)F)c1)C1(O)CCCCC1. The zero-order chi connectivity index (χ0) is 14.8. The maximum atomic E-state index is 12.2. The predicted molar refractivity (Wildman–Crippen MR) is 69.6 cm³/mol. The third-order valence-corrected chi connectivity index (χ3v) is 4.12. The van der Waals surface area contributed by atoms with Gasteiger partial charge in [0.05, 0.1) is 5.60 Å². The number of aliphatic hydroxyl groups is 1. The maximum Gasteiger partial charge on any atom is 0.573 e. The van der Waals surface area contributed by atoms with E-state index < -0.39 is 12.0 Å². The summed E-state index contributed by atoms with van der Waals surface area (Å²) in [5.41, 5.74) is -0.147. The molecule has 5 heteroatoms. The number of benzene rings is 1. The molecular weight excluding hydrogens is 269 g/mol. The van der Waals surface area contributed by atoms with Gasteiger partial charge in [-0.05, 0) is 30.5 Å². The first-order chi connectivity index (χ1) is 9.30. The highest BCUT2D eigenvalue weighted by Crippen LogP contribution is 2.40. The fraction of sp³-hybridized carbons (Fsp3) is 0.600. The van der Waals surface area contributed by atoms with E-state index in [1.165, 1.54) is 18.2 Å². The average molecular weight is 288 g/mol. The summed E-state index contributed by atoms with van der Waals surface area (Å²) in [7, 11) is 0. The van der Waals surface area contributed by atoms with Gasteiger partial charge in [-0.15, -0.1) is 13.2 Å². The van der Waals surface area contributed by atoms with Gasteiger partial charge in [0, 0.05) is 5.92 Å². The molecule has 112 valence electrons. The molecule has 1 unspecified atom stereocenters. The van der Waals surface area contributed by atoms with Crippen LogP contribution in [0.2, 0.25) is 0 Å². The van der Waals surface area contributed by atoms with Crippen molar-refractivity contribution in [1.82, 2.24) is 0 Å². The Morgan fingerprint density at radius 1 is 1.20 bits per heavy atom. The second kappa shape index (κ2) is 5.64. The zero-order valence-electron chi connectivity index (χ0n) is 11.4. The molecular formula is C15H19F3O2. The summed E-state index contributed by atoms with van der Waals surface area (Å²) in [6.07, 6.45) is -0.286. The monoisotopic (exact) mass is 288 g/mol. The van der Waals surface area contributed by atoms with Crippen molar-refractivity contribution in [2.24, 2.45) is 0 Å². The van der Waals surface area contributed by atoms with Crippen LogP contribution in [0.4, 0.5) is 13.2 Å². The number of ether oxygens (including phenoxy) is 1. The van der Waals surface area contributed by atoms with Crippen molar-refractivity contribution < 1.29 is 23.0 Å². The second-order valence-corrected chi connectivity index (χ2v) is 5.51. The number of hydrogen-bond donors (Lipinski definition) is 1. The molecule has 0 saturated heterocycles. The number of alkyl halides is 3. The summed E-state index contributed by atoms with van der Waals surface area (Å²) in [5.74, 6) is -0.444. The third kappa shape index (κ3) is 3.66. The van der Waals surface area contributed by atoms with E-state index in [2.05, 4.69) is 4.74 Å². The van der Waals surface area contributed by atoms with E-state index in [4.69, 9.17) is 0 Å². The van der Waals surface area contributed by atoms with E-state index in [0.717, 1.165) is 19.3 Å². The minimum atomic E-state index is -4.69. The Hall–Kier alpha value is -1.23. The zero-order valence-corrected chi connectivity index (χ0v) is 11.4. The van der Waals surface area contributed by atoms with Crippen LogP contribution in [0.5, 0.6) is 5.75 Å². The van der Waals surface area contributed by atoms with Crippen LogP contribution in [0.3, 0.4) is 0 Å². The molecule has 1 atom stereocenters. The number of hydrogen-bond acceptors (Lipinski definition) is 2. The van der Waals surface area contributed by atoms with Crippen LogP contribution in [0, 0.1) is 0 Å². The lowest BCUT2D eigenvalue weighted by molar-refractivity contribution is -0.274. The van der Waals surface area contributed by atoms with Crippen molar-refractivity contribution in [3.8, 4) is 5.75 Å². The van der Waals surface area contributed by atoms with Gasteiger partial charge >= 0.3 is 6.36 Å². The second-order valence-electron chi connectivity index (χ2n) is 5.51. The summed E-state index contributed by atoms with van der Waals surface area (Å²) in [6.45, 7) is 1.86. The Kier molecular flexibility index (Phi) is 4.28. The van der Waals surface area contributed by atoms with Crippen LogP contribution in [0.25, 0.3) is 0 Å². The summed E-state index contributed by atoms with van der Waals surface area (Å²) in [5, 5.41) is 10.7. The standard InChI is InChI=1S/C15H19F3O2/c1-11(14(19)8-3-2-4-9-14)12-6-5-7-13(10-12)20-15(16,17)18/h5-7,10-11,19H,2-4,8-9H2,1H3. The van der Waals surface area contributed by atoms with E-state index in [1.54, 1.807) is 6.07 Å². The fourth-order valence-corrected chi connectivity index (χ4v) is 2.89.